The molecule has 0 amide bonds. The number of likely N-dealkylation sites (N-methyl/N-ethyl adjacent to an activating group) is 1. The molecule has 0 spiro atoms. The Bertz CT molecular complexity index is 620. The molecular weight excluding hydrogens is 222 g/mol. The fourth-order valence-corrected chi connectivity index (χ4v) is 3.05. The Labute approximate surface area is 107 Å². The van der Waals surface area contributed by atoms with E-state index in [1.165, 1.54) is 22.3 Å². The molecule has 4 rings (SSSR count). The zero-order chi connectivity index (χ0) is 12.1. The topological polar surface area (TPSA) is 12.5 Å². The molecule has 2 aromatic rings. The summed E-state index contributed by atoms with van der Waals surface area (Å²) >= 11 is 0. The molecule has 18 heavy (non-hydrogen) atoms. The van der Waals surface area contributed by atoms with Gasteiger partial charge in [0, 0.05) is 17.7 Å². The molecule has 90 valence electrons. The van der Waals surface area contributed by atoms with Gasteiger partial charge in [0.05, 0.1) is 0 Å². The van der Waals surface area contributed by atoms with E-state index in [2.05, 4.69) is 48.3 Å². The van der Waals surface area contributed by atoms with Gasteiger partial charge in [-0.25, -0.2) is 0 Å². The summed E-state index contributed by atoms with van der Waals surface area (Å²) in [6.07, 6.45) is 1.20. The number of rotatable bonds is 0. The average Bonchev–Trinajstić information content (AvgIpc) is 2.43. The van der Waals surface area contributed by atoms with Crippen LogP contribution < -0.4 is 4.74 Å². The minimum absolute atomic E-state index is 0.0832. The van der Waals surface area contributed by atoms with Gasteiger partial charge in [-0.15, -0.1) is 0 Å². The van der Waals surface area contributed by atoms with Gasteiger partial charge in [0.15, 0.2) is 6.23 Å². The van der Waals surface area contributed by atoms with E-state index in [1.807, 2.05) is 6.07 Å². The number of ether oxygens (including phenoxy) is 1. The fourth-order valence-electron chi connectivity index (χ4n) is 3.05. The third-order valence-electron chi connectivity index (χ3n) is 3.99. The highest BCUT2D eigenvalue weighted by Gasteiger charge is 2.33. The van der Waals surface area contributed by atoms with Crippen LogP contribution in [0.4, 0.5) is 0 Å². The molecule has 0 saturated carbocycles. The maximum absolute atomic E-state index is 6.18. The number of fused-ring (bicyclic) bond motifs is 2. The van der Waals surface area contributed by atoms with Crippen LogP contribution in [-0.2, 0) is 6.42 Å². The molecule has 0 N–H and O–H groups in total. The van der Waals surface area contributed by atoms with Crippen LogP contribution in [0, 0.1) is 0 Å². The summed E-state index contributed by atoms with van der Waals surface area (Å²) in [6.45, 7) is 1.06. The first-order valence-electron chi connectivity index (χ1n) is 6.43. The van der Waals surface area contributed by atoms with Crippen molar-refractivity contribution in [1.82, 2.24) is 4.90 Å². The Morgan fingerprint density at radius 2 is 1.89 bits per heavy atom. The SMILES string of the molecule is CN1CCc2cccc3c2[C@@H]1Oc1ccccc1-3. The minimum atomic E-state index is 0.0832. The number of hydrogen-bond acceptors (Lipinski definition) is 2. The van der Waals surface area contributed by atoms with E-state index >= 15 is 0 Å². The lowest BCUT2D eigenvalue weighted by molar-refractivity contribution is 0.0333. The van der Waals surface area contributed by atoms with Gasteiger partial charge in [0.2, 0.25) is 0 Å². The van der Waals surface area contributed by atoms with Crippen molar-refractivity contribution < 1.29 is 4.74 Å². The summed E-state index contributed by atoms with van der Waals surface area (Å²) in [5.74, 6) is 1.00. The van der Waals surface area contributed by atoms with E-state index in [9.17, 15) is 0 Å². The number of para-hydroxylation sites is 1. The van der Waals surface area contributed by atoms with Crippen LogP contribution in [0.2, 0.25) is 0 Å². The summed E-state index contributed by atoms with van der Waals surface area (Å²) in [7, 11) is 2.14. The van der Waals surface area contributed by atoms with Crippen molar-refractivity contribution in [3.05, 3.63) is 53.6 Å². The van der Waals surface area contributed by atoms with Crippen LogP contribution in [0.1, 0.15) is 17.4 Å². The fraction of sp³-hybridized carbons (Fsp3) is 0.250. The first kappa shape index (κ1) is 10.2. The van der Waals surface area contributed by atoms with Gasteiger partial charge < -0.3 is 4.74 Å². The molecule has 0 aromatic heterocycles. The van der Waals surface area contributed by atoms with E-state index in [4.69, 9.17) is 4.74 Å². The Hall–Kier alpha value is -1.80. The van der Waals surface area contributed by atoms with E-state index in [1.54, 1.807) is 0 Å². The van der Waals surface area contributed by atoms with Crippen molar-refractivity contribution in [3.8, 4) is 16.9 Å². The van der Waals surface area contributed by atoms with Gasteiger partial charge in [-0.2, -0.15) is 0 Å². The van der Waals surface area contributed by atoms with Gasteiger partial charge in [-0.1, -0.05) is 36.4 Å². The molecule has 2 nitrogen and oxygen atoms in total. The van der Waals surface area contributed by atoms with Crippen LogP contribution in [-0.4, -0.2) is 18.5 Å². The molecular formula is C16H15NO. The van der Waals surface area contributed by atoms with Crippen molar-refractivity contribution in [1.29, 1.82) is 0 Å². The highest BCUT2D eigenvalue weighted by atomic mass is 16.5. The average molecular weight is 237 g/mol. The van der Waals surface area contributed by atoms with Gasteiger partial charge >= 0.3 is 0 Å². The third-order valence-corrected chi connectivity index (χ3v) is 3.99. The van der Waals surface area contributed by atoms with Crippen LogP contribution in [0.5, 0.6) is 5.75 Å². The number of nitrogens with zero attached hydrogens (tertiary/aromatic N) is 1. The number of benzene rings is 2. The largest absolute Gasteiger partial charge is 0.470 e. The third kappa shape index (κ3) is 1.27. The molecule has 0 aliphatic carbocycles. The maximum Gasteiger partial charge on any atom is 0.179 e. The Balaban J connectivity index is 2.03. The standard InChI is InChI=1S/C16H15NO/c1-17-10-9-11-5-4-7-13-12-6-2-3-8-14(12)18-16(17)15(11)13/h2-8,16H,9-10H2,1H3/t16-/m0/s1. The molecule has 2 aliphatic rings. The maximum atomic E-state index is 6.18. The summed E-state index contributed by atoms with van der Waals surface area (Å²) in [5.41, 5.74) is 5.36. The zero-order valence-electron chi connectivity index (χ0n) is 10.4. The summed E-state index contributed by atoms with van der Waals surface area (Å²) < 4.78 is 6.18. The molecule has 0 unspecified atom stereocenters. The highest BCUT2D eigenvalue weighted by molar-refractivity contribution is 5.76. The monoisotopic (exact) mass is 237 g/mol. The van der Waals surface area contributed by atoms with Crippen LogP contribution in [0.3, 0.4) is 0 Å². The van der Waals surface area contributed by atoms with E-state index in [0.717, 1.165) is 18.7 Å². The Morgan fingerprint density at radius 1 is 1.06 bits per heavy atom. The second-order valence-corrected chi connectivity index (χ2v) is 5.08. The van der Waals surface area contributed by atoms with Crippen LogP contribution >= 0.6 is 0 Å². The van der Waals surface area contributed by atoms with E-state index in [-0.39, 0.29) is 6.23 Å². The van der Waals surface area contributed by atoms with Crippen molar-refractivity contribution in [2.24, 2.45) is 0 Å². The number of hydrogen-bond donors (Lipinski definition) is 0. The molecule has 2 heterocycles. The molecule has 0 bridgehead atoms. The lowest BCUT2D eigenvalue weighted by Crippen LogP contribution is -2.37. The summed E-state index contributed by atoms with van der Waals surface area (Å²) in [4.78, 5) is 2.29. The quantitative estimate of drug-likeness (QED) is 0.697. The molecule has 1 atom stereocenters. The normalized spacial score (nSPS) is 20.8. The first-order valence-corrected chi connectivity index (χ1v) is 6.43. The van der Waals surface area contributed by atoms with Crippen molar-refractivity contribution in [3.63, 3.8) is 0 Å². The minimum Gasteiger partial charge on any atom is -0.470 e. The highest BCUT2D eigenvalue weighted by Crippen LogP contribution is 2.45. The first-order chi connectivity index (χ1) is 8.84. The molecule has 0 saturated heterocycles. The summed E-state index contributed by atoms with van der Waals surface area (Å²) in [5, 5.41) is 0. The predicted octanol–water partition coefficient (Wildman–Crippen LogP) is 3.23. The molecule has 2 aliphatic heterocycles. The lowest BCUT2D eigenvalue weighted by atomic mass is 9.88. The van der Waals surface area contributed by atoms with Gasteiger partial charge in [0.1, 0.15) is 5.75 Å². The van der Waals surface area contributed by atoms with E-state index in [0.29, 0.717) is 0 Å². The summed E-state index contributed by atoms with van der Waals surface area (Å²) in [6, 6.07) is 14.9. The Morgan fingerprint density at radius 3 is 2.83 bits per heavy atom. The molecule has 2 heteroatoms. The van der Waals surface area contributed by atoms with Crippen molar-refractivity contribution in [2.75, 3.05) is 13.6 Å². The molecule has 0 radical (unpaired) electrons. The predicted molar refractivity (Wildman–Crippen MR) is 71.6 cm³/mol. The Kier molecular flexibility index (Phi) is 2.03. The van der Waals surface area contributed by atoms with Crippen LogP contribution in [0.25, 0.3) is 11.1 Å². The molecule has 0 fully saturated rings. The molecule has 2 aromatic carbocycles. The van der Waals surface area contributed by atoms with E-state index < -0.39 is 0 Å². The van der Waals surface area contributed by atoms with Gasteiger partial charge in [-0.05, 0) is 30.7 Å². The second-order valence-electron chi connectivity index (χ2n) is 5.08. The van der Waals surface area contributed by atoms with Crippen LogP contribution in [0.15, 0.2) is 42.5 Å². The van der Waals surface area contributed by atoms with Gasteiger partial charge in [0.25, 0.3) is 0 Å². The van der Waals surface area contributed by atoms with Gasteiger partial charge in [-0.3, -0.25) is 4.90 Å². The smallest absolute Gasteiger partial charge is 0.179 e. The lowest BCUT2D eigenvalue weighted by Gasteiger charge is -2.39. The van der Waals surface area contributed by atoms with Crippen molar-refractivity contribution in [2.45, 2.75) is 12.6 Å². The van der Waals surface area contributed by atoms with Crippen molar-refractivity contribution >= 4 is 0 Å². The second kappa shape index (κ2) is 3.59. The zero-order valence-corrected chi connectivity index (χ0v) is 10.4.